The number of phenols is 3. The molecule has 1 fully saturated rings. The Labute approximate surface area is 352 Å². The number of allylic oxidation sites excluding steroid dienone is 2. The van der Waals surface area contributed by atoms with Crippen LogP contribution in [0.1, 0.15) is 78.2 Å². The lowest BCUT2D eigenvalue weighted by molar-refractivity contribution is -0.160. The number of esters is 1. The molecule has 1 saturated heterocycles. The van der Waals surface area contributed by atoms with E-state index in [4.69, 9.17) is 18.9 Å². The monoisotopic (exact) mass is 837 g/mol. The number of hydrogen-bond donors (Lipinski definition) is 6. The summed E-state index contributed by atoms with van der Waals surface area (Å²) in [5.41, 5.74) is 0.0871. The lowest BCUT2D eigenvalue weighted by atomic mass is 9.78. The van der Waals surface area contributed by atoms with E-state index in [0.717, 1.165) is 6.54 Å². The number of aliphatic hydroxyl groups excluding tert-OH is 2. The molecule has 4 aliphatic rings. The van der Waals surface area contributed by atoms with E-state index < -0.39 is 88.8 Å². The number of rotatable bonds is 5. The molecule has 0 unspecified atom stereocenters. The van der Waals surface area contributed by atoms with Gasteiger partial charge in [-0.05, 0) is 25.8 Å². The van der Waals surface area contributed by atoms with Crippen molar-refractivity contribution >= 4 is 39.8 Å². The Morgan fingerprint density at radius 2 is 1.58 bits per heavy atom. The summed E-state index contributed by atoms with van der Waals surface area (Å²) >= 11 is 0. The molecule has 4 aliphatic heterocycles. The van der Waals surface area contributed by atoms with E-state index >= 15 is 0 Å². The second-order valence-corrected chi connectivity index (χ2v) is 17.2. The number of amides is 1. The van der Waals surface area contributed by atoms with Gasteiger partial charge in [0, 0.05) is 93.9 Å². The Morgan fingerprint density at radius 1 is 0.933 bits per heavy atom. The molecule has 60 heavy (non-hydrogen) atoms. The van der Waals surface area contributed by atoms with Gasteiger partial charge in [-0.1, -0.05) is 59.8 Å². The summed E-state index contributed by atoms with van der Waals surface area (Å²) in [6.45, 7) is 19.8. The summed E-state index contributed by atoms with van der Waals surface area (Å²) in [6, 6.07) is 0. The average molecular weight is 838 g/mol. The Morgan fingerprint density at radius 3 is 2.18 bits per heavy atom. The Bertz CT molecular complexity index is 2050. The molecule has 0 saturated carbocycles. The van der Waals surface area contributed by atoms with Crippen molar-refractivity contribution in [1.29, 1.82) is 0 Å². The number of fused-ring (bicyclic) bond motifs is 14. The fraction of sp³-hybridized carbons (Fsp3) is 0.578. The molecule has 2 aromatic carbocycles. The second kappa shape index (κ2) is 18.4. The number of carbonyl (C=O) groups excluding carboxylic acids is 3. The molecule has 15 heteroatoms. The van der Waals surface area contributed by atoms with Crippen molar-refractivity contribution in [2.24, 2.45) is 29.6 Å². The smallest absolute Gasteiger partial charge is 0.312 e. The number of nitrogens with one attached hydrogen (secondary N) is 1. The summed E-state index contributed by atoms with van der Waals surface area (Å²) < 4.78 is 23.7. The second-order valence-electron chi connectivity index (χ2n) is 17.2. The molecule has 330 valence electrons. The van der Waals surface area contributed by atoms with Crippen LogP contribution in [0.2, 0.25) is 0 Å². The fourth-order valence-corrected chi connectivity index (χ4v) is 8.69. The van der Waals surface area contributed by atoms with E-state index in [1.807, 2.05) is 4.90 Å². The molecule has 15 nitrogen and oxygen atoms in total. The molecule has 1 amide bonds. The minimum atomic E-state index is -2.02. The summed E-state index contributed by atoms with van der Waals surface area (Å²) in [4.78, 5) is 44.9. The van der Waals surface area contributed by atoms with Crippen molar-refractivity contribution in [3.05, 3.63) is 47.3 Å². The summed E-state index contributed by atoms with van der Waals surface area (Å²) in [5.74, 6) is -7.50. The maximum Gasteiger partial charge on any atom is 0.312 e. The van der Waals surface area contributed by atoms with Crippen molar-refractivity contribution in [3.63, 3.8) is 0 Å². The molecular weight excluding hydrogens is 775 g/mol. The first-order valence-electron chi connectivity index (χ1n) is 20.7. The number of piperazine rings is 1. The maximum atomic E-state index is 14.5. The Balaban J connectivity index is 1.70. The highest BCUT2D eigenvalue weighted by molar-refractivity contribution is 6.23. The first kappa shape index (κ1) is 46.2. The summed E-state index contributed by atoms with van der Waals surface area (Å²) in [7, 11) is 1.45. The molecule has 0 spiro atoms. The van der Waals surface area contributed by atoms with Gasteiger partial charge in [-0.2, -0.15) is 0 Å². The van der Waals surface area contributed by atoms with E-state index in [0.29, 0.717) is 32.1 Å². The van der Waals surface area contributed by atoms with Crippen molar-refractivity contribution in [2.45, 2.75) is 99.4 Å². The minimum absolute atomic E-state index is 0.0592. The van der Waals surface area contributed by atoms with Crippen LogP contribution in [0.15, 0.2) is 36.1 Å². The number of ether oxygens (including phenoxy) is 4. The van der Waals surface area contributed by atoms with Crippen molar-refractivity contribution in [2.75, 3.05) is 50.1 Å². The molecule has 6 N–H and O–H groups in total. The molecule has 4 heterocycles. The van der Waals surface area contributed by atoms with E-state index in [9.17, 15) is 39.9 Å². The van der Waals surface area contributed by atoms with Gasteiger partial charge in [0.15, 0.2) is 5.75 Å². The Kier molecular flexibility index (Phi) is 14.2. The number of aliphatic hydroxyl groups is 2. The third-order valence-electron chi connectivity index (χ3n) is 12.3. The van der Waals surface area contributed by atoms with Gasteiger partial charge in [-0.25, -0.2) is 0 Å². The van der Waals surface area contributed by atoms with E-state index in [1.165, 1.54) is 46.3 Å². The topological polar surface area (TPSA) is 208 Å². The summed E-state index contributed by atoms with van der Waals surface area (Å²) in [5, 5.41) is 61.4. The number of hydrogen-bond acceptors (Lipinski definition) is 14. The highest BCUT2D eigenvalue weighted by atomic mass is 16.7. The molecule has 5 bridgehead atoms. The van der Waals surface area contributed by atoms with Gasteiger partial charge in [-0.3, -0.25) is 19.3 Å². The van der Waals surface area contributed by atoms with Crippen LogP contribution < -0.4 is 15.0 Å². The average Bonchev–Trinajstić information content (AvgIpc) is 3.46. The van der Waals surface area contributed by atoms with Gasteiger partial charge in [0.05, 0.1) is 35.5 Å². The standard InChI is InChI=1S/C45H63N3O12/c1-22(2)21-47-16-18-48(19-17-47)35-34-39(53)32-31(40(35)54)33-42(28(8)38(32)52)60-45(10,43(33)55)58-20-15-30(57-11)25(5)41(59-29(9)49)27(7)37(51)26(6)36(50)23(3)13-12-14-24(4)44(56)46-34/h12-15,20,22-23,25-27,30,36-37,41,50-54H,16-19,21H2,1-11H3,(H,46,56)/b13-12+,20-15+,24-14-/t23-,25-,26+,27+,30-,36-,37+,41+,45-/m0/s1. The van der Waals surface area contributed by atoms with Crippen molar-refractivity contribution < 1.29 is 58.9 Å². The third kappa shape index (κ3) is 8.95. The van der Waals surface area contributed by atoms with Crippen LogP contribution >= 0.6 is 0 Å². The number of nitrogens with zero attached hydrogens (tertiary/aromatic N) is 2. The predicted octanol–water partition coefficient (Wildman–Crippen LogP) is 5.53. The van der Waals surface area contributed by atoms with Crippen LogP contribution in [-0.2, 0) is 23.8 Å². The minimum Gasteiger partial charge on any atom is -0.507 e. The largest absolute Gasteiger partial charge is 0.507 e. The number of ketones is 1. The van der Waals surface area contributed by atoms with Gasteiger partial charge in [0.25, 0.3) is 11.7 Å². The van der Waals surface area contributed by atoms with Crippen LogP contribution in [0.4, 0.5) is 11.4 Å². The van der Waals surface area contributed by atoms with Gasteiger partial charge in [0.2, 0.25) is 0 Å². The number of aromatic hydroxyl groups is 3. The van der Waals surface area contributed by atoms with Crippen LogP contribution in [-0.4, -0.2) is 118 Å². The van der Waals surface area contributed by atoms with Gasteiger partial charge in [0.1, 0.15) is 34.7 Å². The summed E-state index contributed by atoms with van der Waals surface area (Å²) in [6.07, 6.45) is 3.73. The lowest BCUT2D eigenvalue weighted by Crippen LogP contribution is -2.47. The lowest BCUT2D eigenvalue weighted by Gasteiger charge is -2.38. The first-order chi connectivity index (χ1) is 28.1. The number of methoxy groups -OCH3 is 1. The zero-order valence-electron chi connectivity index (χ0n) is 36.6. The highest BCUT2D eigenvalue weighted by Gasteiger charge is 2.50. The van der Waals surface area contributed by atoms with Crippen LogP contribution in [0.3, 0.4) is 0 Å². The molecule has 0 radical (unpaired) electrons. The third-order valence-corrected chi connectivity index (χ3v) is 12.3. The highest BCUT2D eigenvalue weighted by Crippen LogP contribution is 2.57. The SMILES string of the molecule is CO[C@H]1/C=C/O[C@@]2(C)Oc3c(C)c(O)c4c(O)c(c(N5CCN(CC(C)C)CC5)c(O)c4c3C2=O)NC(=O)/C(C)=C\C=C\[C@H](C)[C@H](O)[C@@H](C)[C@@H](O)[C@@H](C)[C@H](OC(C)=O)[C@H]1C. The number of phenolic OH excluding ortho intramolecular Hbond substituents is 3. The number of Topliss-reactive ketones (excluding diaryl/α,β-unsaturated/α-hetero) is 1. The fourth-order valence-electron chi connectivity index (χ4n) is 8.69. The molecule has 2 aromatic rings. The van der Waals surface area contributed by atoms with Crippen molar-refractivity contribution in [1.82, 2.24) is 4.90 Å². The molecule has 6 rings (SSSR count). The molecular formula is C45H63N3O12. The van der Waals surface area contributed by atoms with E-state index in [-0.39, 0.29) is 44.6 Å². The quantitative estimate of drug-likeness (QED) is 0.124. The van der Waals surface area contributed by atoms with Crippen molar-refractivity contribution in [3.8, 4) is 23.0 Å². The van der Waals surface area contributed by atoms with E-state index in [2.05, 4.69) is 24.1 Å². The number of carbonyl (C=O) groups is 3. The van der Waals surface area contributed by atoms with E-state index in [1.54, 1.807) is 46.8 Å². The van der Waals surface area contributed by atoms with Gasteiger partial charge >= 0.3 is 11.8 Å². The number of anilines is 2. The normalized spacial score (nSPS) is 31.7. The van der Waals surface area contributed by atoms with Gasteiger partial charge < -0.3 is 54.7 Å². The first-order valence-corrected chi connectivity index (χ1v) is 20.7. The van der Waals surface area contributed by atoms with Crippen LogP contribution in [0.5, 0.6) is 23.0 Å². The predicted molar refractivity (Wildman–Crippen MR) is 227 cm³/mol. The molecule has 0 aliphatic carbocycles. The van der Waals surface area contributed by atoms with Gasteiger partial charge in [-0.15, -0.1) is 0 Å². The van der Waals surface area contributed by atoms with Crippen LogP contribution in [0, 0.1) is 36.5 Å². The zero-order valence-corrected chi connectivity index (χ0v) is 36.6. The number of benzene rings is 2. The maximum absolute atomic E-state index is 14.5. The molecule has 0 aromatic heterocycles. The molecule has 9 atom stereocenters. The Hall–Kier alpha value is -4.83. The zero-order chi connectivity index (χ0) is 44.5. The van der Waals surface area contributed by atoms with Crippen LogP contribution in [0.25, 0.3) is 10.8 Å².